The Morgan fingerprint density at radius 2 is 2.04 bits per heavy atom. The van der Waals surface area contributed by atoms with Crippen molar-refractivity contribution in [3.05, 3.63) is 60.8 Å². The summed E-state index contributed by atoms with van der Waals surface area (Å²) in [4.78, 5) is 23.4. The molecule has 1 unspecified atom stereocenters. The first-order chi connectivity index (χ1) is 13.5. The molecule has 1 N–H and O–H groups in total. The Morgan fingerprint density at radius 3 is 2.79 bits per heavy atom. The van der Waals surface area contributed by atoms with Crippen LogP contribution in [0.1, 0.15) is 20.3 Å². The van der Waals surface area contributed by atoms with Crippen LogP contribution in [0.5, 0.6) is 0 Å². The number of pyridine rings is 1. The minimum absolute atomic E-state index is 0.00371. The van der Waals surface area contributed by atoms with Crippen LogP contribution in [0.3, 0.4) is 0 Å². The van der Waals surface area contributed by atoms with Gasteiger partial charge in [0.25, 0.3) is 0 Å². The molecule has 3 heterocycles. The lowest BCUT2D eigenvalue weighted by Crippen LogP contribution is -2.59. The number of aromatic nitrogens is 3. The molecule has 0 fully saturated rings. The van der Waals surface area contributed by atoms with Crippen LogP contribution >= 0.6 is 0 Å². The number of fused-ring (bicyclic) bond motifs is 1. The second kappa shape index (κ2) is 7.07. The van der Waals surface area contributed by atoms with Gasteiger partial charge in [0.2, 0.25) is 5.95 Å². The van der Waals surface area contributed by atoms with Crippen molar-refractivity contribution in [3.63, 3.8) is 0 Å². The van der Waals surface area contributed by atoms with Gasteiger partial charge < -0.3 is 14.8 Å². The van der Waals surface area contributed by atoms with Crippen molar-refractivity contribution in [2.45, 2.75) is 32.5 Å². The van der Waals surface area contributed by atoms with E-state index in [4.69, 9.17) is 0 Å². The summed E-state index contributed by atoms with van der Waals surface area (Å²) in [5.41, 5.74) is 1.42. The first-order valence-electron chi connectivity index (χ1n) is 9.35. The molecule has 28 heavy (non-hydrogen) atoms. The maximum absolute atomic E-state index is 13.6. The third-order valence-corrected chi connectivity index (χ3v) is 5.09. The summed E-state index contributed by atoms with van der Waals surface area (Å²) in [6, 6.07) is 12.5. The van der Waals surface area contributed by atoms with Gasteiger partial charge in [-0.1, -0.05) is 25.1 Å². The number of hydrogen-bond donors (Lipinski definition) is 1. The second-order valence-electron chi connectivity index (χ2n) is 6.93. The van der Waals surface area contributed by atoms with E-state index in [1.807, 2.05) is 28.8 Å². The number of halogens is 1. The SMILES string of the molecule is CCCN1c2ccccc2NC1(Cn1ccnc1-c1cccc(F)n1)C(C)=O. The van der Waals surface area contributed by atoms with E-state index in [0.29, 0.717) is 18.1 Å². The topological polar surface area (TPSA) is 63.1 Å². The highest BCUT2D eigenvalue weighted by Gasteiger charge is 2.47. The van der Waals surface area contributed by atoms with E-state index < -0.39 is 11.6 Å². The van der Waals surface area contributed by atoms with Crippen LogP contribution in [0, 0.1) is 5.95 Å². The standard InChI is InChI=1S/C21H22FN5O/c1-3-12-27-18-9-5-4-7-16(18)25-21(27,15(2)28)14-26-13-11-23-20(26)17-8-6-10-19(22)24-17/h4-11,13,25H,3,12,14H2,1-2H3. The number of Topliss-reactive ketones (excluding diaryl/α,β-unsaturated/α-hetero) is 1. The first kappa shape index (κ1) is 18.2. The monoisotopic (exact) mass is 379 g/mol. The van der Waals surface area contributed by atoms with Crippen molar-refractivity contribution < 1.29 is 9.18 Å². The molecular weight excluding hydrogens is 357 g/mol. The average Bonchev–Trinajstić information content (AvgIpc) is 3.26. The Labute approximate surface area is 163 Å². The number of nitrogens with one attached hydrogen (secondary N) is 1. The molecule has 4 rings (SSSR count). The largest absolute Gasteiger partial charge is 0.353 e. The van der Waals surface area contributed by atoms with E-state index >= 15 is 0 Å². The third kappa shape index (κ3) is 2.93. The maximum Gasteiger partial charge on any atom is 0.213 e. The van der Waals surface area contributed by atoms with Crippen LogP contribution < -0.4 is 10.2 Å². The van der Waals surface area contributed by atoms with E-state index in [-0.39, 0.29) is 5.78 Å². The fraction of sp³-hybridized carbons (Fsp3) is 0.286. The highest BCUT2D eigenvalue weighted by atomic mass is 19.1. The lowest BCUT2D eigenvalue weighted by Gasteiger charge is -2.38. The van der Waals surface area contributed by atoms with Crippen molar-refractivity contribution in [2.75, 3.05) is 16.8 Å². The summed E-state index contributed by atoms with van der Waals surface area (Å²) < 4.78 is 15.5. The second-order valence-corrected chi connectivity index (χ2v) is 6.93. The van der Waals surface area contributed by atoms with E-state index in [1.54, 1.807) is 31.5 Å². The number of carbonyl (C=O) groups is 1. The van der Waals surface area contributed by atoms with Crippen LogP contribution in [0.4, 0.5) is 15.8 Å². The molecule has 0 bridgehead atoms. The van der Waals surface area contributed by atoms with Gasteiger partial charge in [0.15, 0.2) is 17.3 Å². The highest BCUT2D eigenvalue weighted by Crippen LogP contribution is 2.41. The average molecular weight is 379 g/mol. The zero-order valence-electron chi connectivity index (χ0n) is 15.9. The number of hydrogen-bond acceptors (Lipinski definition) is 5. The summed E-state index contributed by atoms with van der Waals surface area (Å²) in [7, 11) is 0. The molecular formula is C21H22FN5O. The molecule has 1 aliphatic heterocycles. The summed E-state index contributed by atoms with van der Waals surface area (Å²) >= 11 is 0. The van der Waals surface area contributed by atoms with Crippen molar-refractivity contribution in [3.8, 4) is 11.5 Å². The normalized spacial score (nSPS) is 18.0. The molecule has 0 amide bonds. The first-order valence-corrected chi connectivity index (χ1v) is 9.35. The molecule has 0 spiro atoms. The predicted molar refractivity (Wildman–Crippen MR) is 107 cm³/mol. The molecule has 0 aliphatic carbocycles. The smallest absolute Gasteiger partial charge is 0.213 e. The number of imidazole rings is 1. The number of para-hydroxylation sites is 2. The van der Waals surface area contributed by atoms with Crippen LogP contribution in [-0.2, 0) is 11.3 Å². The minimum Gasteiger partial charge on any atom is -0.353 e. The highest BCUT2D eigenvalue weighted by molar-refractivity contribution is 5.98. The van der Waals surface area contributed by atoms with Crippen LogP contribution in [0.25, 0.3) is 11.5 Å². The van der Waals surface area contributed by atoms with Crippen molar-refractivity contribution in [1.82, 2.24) is 14.5 Å². The lowest BCUT2D eigenvalue weighted by atomic mass is 10.0. The molecule has 3 aromatic rings. The van der Waals surface area contributed by atoms with E-state index in [9.17, 15) is 9.18 Å². The molecule has 144 valence electrons. The summed E-state index contributed by atoms with van der Waals surface area (Å²) in [6.45, 7) is 4.74. The molecule has 2 aromatic heterocycles. The Kier molecular flexibility index (Phi) is 4.58. The predicted octanol–water partition coefficient (Wildman–Crippen LogP) is 3.71. The van der Waals surface area contributed by atoms with Crippen molar-refractivity contribution >= 4 is 17.2 Å². The number of ketones is 1. The summed E-state index contributed by atoms with van der Waals surface area (Å²) in [5, 5.41) is 3.44. The van der Waals surface area contributed by atoms with Gasteiger partial charge in [0, 0.05) is 18.9 Å². The van der Waals surface area contributed by atoms with Gasteiger partial charge in [-0.05, 0) is 37.6 Å². The number of rotatable bonds is 6. The lowest BCUT2D eigenvalue weighted by molar-refractivity contribution is -0.121. The molecule has 0 saturated heterocycles. The zero-order valence-corrected chi connectivity index (χ0v) is 15.9. The Morgan fingerprint density at radius 1 is 1.21 bits per heavy atom. The molecule has 1 aromatic carbocycles. The van der Waals surface area contributed by atoms with E-state index in [2.05, 4.69) is 27.1 Å². The van der Waals surface area contributed by atoms with Gasteiger partial charge in [-0.15, -0.1) is 0 Å². The van der Waals surface area contributed by atoms with Gasteiger partial charge in [0.1, 0.15) is 5.69 Å². The van der Waals surface area contributed by atoms with E-state index in [1.165, 1.54) is 6.07 Å². The van der Waals surface area contributed by atoms with Gasteiger partial charge >= 0.3 is 0 Å². The quantitative estimate of drug-likeness (QED) is 0.662. The van der Waals surface area contributed by atoms with Gasteiger partial charge in [-0.25, -0.2) is 9.97 Å². The van der Waals surface area contributed by atoms with Gasteiger partial charge in [-0.2, -0.15) is 4.39 Å². The summed E-state index contributed by atoms with van der Waals surface area (Å²) in [5.74, 6) is -0.0364. The van der Waals surface area contributed by atoms with Gasteiger partial charge in [-0.3, -0.25) is 4.79 Å². The molecule has 7 heteroatoms. The molecule has 1 atom stereocenters. The minimum atomic E-state index is -0.942. The number of anilines is 2. The van der Waals surface area contributed by atoms with Crippen molar-refractivity contribution in [2.24, 2.45) is 0 Å². The van der Waals surface area contributed by atoms with Crippen LogP contribution in [0.2, 0.25) is 0 Å². The molecule has 1 aliphatic rings. The summed E-state index contributed by atoms with van der Waals surface area (Å²) in [6.07, 6.45) is 4.33. The molecule has 0 saturated carbocycles. The molecule has 0 radical (unpaired) electrons. The number of benzene rings is 1. The Balaban J connectivity index is 1.77. The Bertz CT molecular complexity index is 1020. The number of carbonyl (C=O) groups excluding carboxylic acids is 1. The fourth-order valence-corrected chi connectivity index (χ4v) is 3.81. The van der Waals surface area contributed by atoms with Gasteiger partial charge in [0.05, 0.1) is 17.9 Å². The van der Waals surface area contributed by atoms with Crippen molar-refractivity contribution in [1.29, 1.82) is 0 Å². The Hall–Kier alpha value is -3.22. The molecule has 6 nitrogen and oxygen atoms in total. The van der Waals surface area contributed by atoms with Crippen LogP contribution in [0.15, 0.2) is 54.9 Å². The zero-order chi connectivity index (χ0) is 19.7. The van der Waals surface area contributed by atoms with E-state index in [0.717, 1.165) is 24.3 Å². The fourth-order valence-electron chi connectivity index (χ4n) is 3.81. The number of nitrogens with zero attached hydrogens (tertiary/aromatic N) is 4. The van der Waals surface area contributed by atoms with Crippen LogP contribution in [-0.4, -0.2) is 32.5 Å². The maximum atomic E-state index is 13.6. The third-order valence-electron chi connectivity index (χ3n) is 5.09.